The summed E-state index contributed by atoms with van der Waals surface area (Å²) in [6.07, 6.45) is -0.224. The predicted octanol–water partition coefficient (Wildman–Crippen LogP) is -0.575. The van der Waals surface area contributed by atoms with Crippen molar-refractivity contribution in [1.82, 2.24) is 6.15 Å². The largest absolute Gasteiger partial charge is 0.481 e. The van der Waals surface area contributed by atoms with Crippen LogP contribution in [0.3, 0.4) is 0 Å². The van der Waals surface area contributed by atoms with Crippen LogP contribution in [-0.4, -0.2) is 28.2 Å². The van der Waals surface area contributed by atoms with Crippen molar-refractivity contribution < 1.29 is 19.8 Å². The van der Waals surface area contributed by atoms with Crippen LogP contribution in [-0.2, 0) is 9.59 Å². The molecule has 0 heterocycles. The van der Waals surface area contributed by atoms with Gasteiger partial charge in [0.05, 0.1) is 0 Å². The number of aliphatic carboxylic acids is 2. The van der Waals surface area contributed by atoms with E-state index in [9.17, 15) is 9.59 Å². The zero-order valence-corrected chi connectivity index (χ0v) is 5.99. The second-order valence-electron chi connectivity index (χ2n) is 1.88. The van der Waals surface area contributed by atoms with Crippen molar-refractivity contribution in [2.75, 3.05) is 0 Å². The number of nitrogens with two attached hydrogens (primary N) is 1. The van der Waals surface area contributed by atoms with E-state index >= 15 is 0 Å². The van der Waals surface area contributed by atoms with Crippen molar-refractivity contribution in [1.29, 1.82) is 0 Å². The second kappa shape index (κ2) is 5.63. The first-order chi connectivity index (χ1) is 4.54. The minimum absolute atomic E-state index is 0. The number of carboxylic acids is 2. The molecule has 0 bridgehead atoms. The summed E-state index contributed by atoms with van der Waals surface area (Å²) in [5, 5.41) is 16.3. The molecule has 0 rings (SSSR count). The number of hydrogen-bond donors (Lipinski definition) is 4. The first-order valence-electron chi connectivity index (χ1n) is 2.74. The van der Waals surface area contributed by atoms with Crippen LogP contribution >= 0.6 is 0 Å². The molecule has 6 heteroatoms. The van der Waals surface area contributed by atoms with Crippen LogP contribution in [0.5, 0.6) is 0 Å². The lowest BCUT2D eigenvalue weighted by molar-refractivity contribution is -0.139. The number of hydrogen-bond acceptors (Lipinski definition) is 4. The number of carboxylic acid groups (broad SMARTS) is 2. The third-order valence-corrected chi connectivity index (χ3v) is 0.986. The van der Waals surface area contributed by atoms with Gasteiger partial charge in [-0.05, 0) is 6.42 Å². The van der Waals surface area contributed by atoms with Crippen LogP contribution in [0.2, 0.25) is 0 Å². The summed E-state index contributed by atoms with van der Waals surface area (Å²) >= 11 is 0. The Morgan fingerprint density at radius 3 is 2.09 bits per heavy atom. The maximum atomic E-state index is 9.99. The lowest BCUT2D eigenvalue weighted by atomic mass is 10.2. The van der Waals surface area contributed by atoms with Gasteiger partial charge >= 0.3 is 11.9 Å². The maximum Gasteiger partial charge on any atom is 0.320 e. The molecule has 7 N–H and O–H groups in total. The van der Waals surface area contributed by atoms with Crippen molar-refractivity contribution >= 4 is 11.9 Å². The molecule has 0 unspecified atom stereocenters. The monoisotopic (exact) mass is 164 g/mol. The summed E-state index contributed by atoms with van der Waals surface area (Å²) in [7, 11) is 0. The Morgan fingerprint density at radius 2 is 1.82 bits per heavy atom. The summed E-state index contributed by atoms with van der Waals surface area (Å²) in [5.41, 5.74) is 5.00. The highest BCUT2D eigenvalue weighted by molar-refractivity contribution is 5.74. The normalized spacial score (nSPS) is 11.4. The number of rotatable bonds is 4. The van der Waals surface area contributed by atoms with E-state index in [1.54, 1.807) is 0 Å². The van der Waals surface area contributed by atoms with E-state index in [1.807, 2.05) is 0 Å². The molecule has 0 saturated heterocycles. The van der Waals surface area contributed by atoms with Gasteiger partial charge in [-0.1, -0.05) is 0 Å². The molecule has 0 amide bonds. The molecule has 0 aromatic heterocycles. The van der Waals surface area contributed by atoms with E-state index in [2.05, 4.69) is 0 Å². The Kier molecular flexibility index (Phi) is 6.41. The topological polar surface area (TPSA) is 136 Å². The Morgan fingerprint density at radius 1 is 1.36 bits per heavy atom. The molecule has 0 aliphatic heterocycles. The highest BCUT2D eigenvalue weighted by Gasteiger charge is 2.12. The third-order valence-electron chi connectivity index (χ3n) is 0.986. The summed E-state index contributed by atoms with van der Waals surface area (Å²) < 4.78 is 0. The fraction of sp³-hybridized carbons (Fsp3) is 0.600. The molecule has 11 heavy (non-hydrogen) atoms. The summed E-state index contributed by atoms with van der Waals surface area (Å²) in [6, 6.07) is -1.06. The highest BCUT2D eigenvalue weighted by atomic mass is 16.4. The number of carbonyl (C=O) groups is 2. The molecule has 6 nitrogen and oxygen atoms in total. The molecule has 0 saturated carbocycles. The van der Waals surface area contributed by atoms with E-state index in [-0.39, 0.29) is 19.0 Å². The Balaban J connectivity index is 0. The Hall–Kier alpha value is -1.14. The molecule has 0 aromatic carbocycles. The Labute approximate surface area is 63.6 Å². The van der Waals surface area contributed by atoms with Gasteiger partial charge in [-0.2, -0.15) is 0 Å². The predicted molar refractivity (Wildman–Crippen MR) is 37.5 cm³/mol. The van der Waals surface area contributed by atoms with Crippen molar-refractivity contribution in [3.63, 3.8) is 0 Å². The van der Waals surface area contributed by atoms with Crippen LogP contribution in [0.15, 0.2) is 0 Å². The first kappa shape index (κ1) is 12.5. The van der Waals surface area contributed by atoms with Crippen LogP contribution < -0.4 is 11.9 Å². The third kappa shape index (κ3) is 6.75. The molecular formula is C5H12N2O4. The maximum absolute atomic E-state index is 9.99. The van der Waals surface area contributed by atoms with Gasteiger partial charge in [-0.15, -0.1) is 0 Å². The molecule has 0 aliphatic carbocycles. The van der Waals surface area contributed by atoms with Crippen LogP contribution in [0, 0.1) is 0 Å². The van der Waals surface area contributed by atoms with E-state index in [0.717, 1.165) is 0 Å². The molecule has 0 aliphatic rings. The fourth-order valence-electron chi connectivity index (χ4n) is 0.402. The van der Waals surface area contributed by atoms with Crippen LogP contribution in [0.1, 0.15) is 12.8 Å². The molecular weight excluding hydrogens is 152 g/mol. The smallest absolute Gasteiger partial charge is 0.320 e. The minimum Gasteiger partial charge on any atom is -0.481 e. The SMILES string of the molecule is N.N[C@H](CCC(=O)O)C(=O)O. The molecule has 66 valence electrons. The molecule has 0 fully saturated rings. The van der Waals surface area contributed by atoms with Gasteiger partial charge < -0.3 is 22.1 Å². The highest BCUT2D eigenvalue weighted by Crippen LogP contribution is 1.93. The zero-order chi connectivity index (χ0) is 8.15. The van der Waals surface area contributed by atoms with Crippen LogP contribution in [0.4, 0.5) is 0 Å². The van der Waals surface area contributed by atoms with Gasteiger partial charge in [-0.25, -0.2) is 0 Å². The van der Waals surface area contributed by atoms with Gasteiger partial charge in [0.15, 0.2) is 0 Å². The molecule has 0 spiro atoms. The summed E-state index contributed by atoms with van der Waals surface area (Å²) in [5.74, 6) is -2.20. The van der Waals surface area contributed by atoms with Gasteiger partial charge in [0.25, 0.3) is 0 Å². The summed E-state index contributed by atoms with van der Waals surface area (Å²) in [4.78, 5) is 19.9. The second-order valence-corrected chi connectivity index (χ2v) is 1.88. The lowest BCUT2D eigenvalue weighted by Gasteiger charge is -2.01. The zero-order valence-electron chi connectivity index (χ0n) is 5.99. The van der Waals surface area contributed by atoms with Crippen molar-refractivity contribution in [3.8, 4) is 0 Å². The van der Waals surface area contributed by atoms with Gasteiger partial charge in [-0.3, -0.25) is 9.59 Å². The first-order valence-corrected chi connectivity index (χ1v) is 2.74. The molecule has 1 atom stereocenters. The van der Waals surface area contributed by atoms with Gasteiger partial charge in [0.2, 0.25) is 0 Å². The molecule has 0 aromatic rings. The molecule has 0 radical (unpaired) electrons. The minimum atomic E-state index is -1.17. The van der Waals surface area contributed by atoms with E-state index in [4.69, 9.17) is 15.9 Å². The van der Waals surface area contributed by atoms with Gasteiger partial charge in [0, 0.05) is 6.42 Å². The van der Waals surface area contributed by atoms with E-state index in [1.165, 1.54) is 0 Å². The fourth-order valence-corrected chi connectivity index (χ4v) is 0.402. The average Bonchev–Trinajstić information content (AvgIpc) is 1.82. The van der Waals surface area contributed by atoms with E-state index < -0.39 is 18.0 Å². The standard InChI is InChI=1S/C5H9NO4.H3N/c6-3(5(9)10)1-2-4(7)8;/h3H,1-2,6H2,(H,7,8)(H,9,10);1H3/t3-;/m1./s1. The van der Waals surface area contributed by atoms with Gasteiger partial charge in [0.1, 0.15) is 6.04 Å². The van der Waals surface area contributed by atoms with Crippen molar-refractivity contribution in [3.05, 3.63) is 0 Å². The summed E-state index contributed by atoms with van der Waals surface area (Å²) in [6.45, 7) is 0. The van der Waals surface area contributed by atoms with Crippen LogP contribution in [0.25, 0.3) is 0 Å². The lowest BCUT2D eigenvalue weighted by Crippen LogP contribution is -2.30. The quantitative estimate of drug-likeness (QED) is 0.439. The van der Waals surface area contributed by atoms with E-state index in [0.29, 0.717) is 0 Å². The van der Waals surface area contributed by atoms with Crippen molar-refractivity contribution in [2.45, 2.75) is 18.9 Å². The van der Waals surface area contributed by atoms with Crippen molar-refractivity contribution in [2.24, 2.45) is 5.73 Å². The average molecular weight is 164 g/mol. The Bertz CT molecular complexity index is 147.